The summed E-state index contributed by atoms with van der Waals surface area (Å²) in [7, 11) is -4.69. The number of benzene rings is 2. The van der Waals surface area contributed by atoms with Crippen molar-refractivity contribution >= 4 is 26.8 Å². The van der Waals surface area contributed by atoms with Crippen LogP contribution in [0.1, 0.15) is 28.6 Å². The van der Waals surface area contributed by atoms with E-state index in [1.807, 2.05) is 0 Å². The highest BCUT2D eigenvalue weighted by molar-refractivity contribution is 7.90. The first-order chi connectivity index (χ1) is 14.8. The number of carbonyl (C=O) groups is 1. The molecule has 1 heterocycles. The smallest absolute Gasteiger partial charge is 0.416 e. The van der Waals surface area contributed by atoms with Gasteiger partial charge < -0.3 is 9.15 Å². The fraction of sp³-hybridized carbons (Fsp3) is 0.211. The molecule has 0 amide bonds. The molecule has 13 heteroatoms. The van der Waals surface area contributed by atoms with Crippen molar-refractivity contribution in [2.45, 2.75) is 23.7 Å². The van der Waals surface area contributed by atoms with Gasteiger partial charge >= 0.3 is 12.1 Å². The van der Waals surface area contributed by atoms with Crippen molar-refractivity contribution < 1.29 is 53.1 Å². The van der Waals surface area contributed by atoms with Crippen LogP contribution < -0.4 is 0 Å². The number of ether oxygens (including phenoxy) is 1. The molecular weight excluding hydrogens is 473 g/mol. The normalized spacial score (nSPS) is 12.4. The molecular formula is C19H11F7O5S. The lowest BCUT2D eigenvalue weighted by molar-refractivity contribution is -0.137. The number of sulfone groups is 1. The number of fused-ring (bicyclic) bond motifs is 1. The zero-order valence-corrected chi connectivity index (χ0v) is 16.6. The lowest BCUT2D eigenvalue weighted by Crippen LogP contribution is -2.12. The van der Waals surface area contributed by atoms with Gasteiger partial charge in [0.25, 0.3) is 0 Å². The van der Waals surface area contributed by atoms with Gasteiger partial charge in [0.15, 0.2) is 27.1 Å². The van der Waals surface area contributed by atoms with Crippen molar-refractivity contribution in [1.29, 1.82) is 0 Å². The van der Waals surface area contributed by atoms with E-state index < -0.39 is 83.8 Å². The lowest BCUT2D eigenvalue weighted by atomic mass is 10.1. The third-order valence-electron chi connectivity index (χ3n) is 4.30. The fourth-order valence-electron chi connectivity index (χ4n) is 2.89. The van der Waals surface area contributed by atoms with Gasteiger partial charge in [-0.15, -0.1) is 0 Å². The zero-order valence-electron chi connectivity index (χ0n) is 15.8. The van der Waals surface area contributed by atoms with Crippen LogP contribution in [0.25, 0.3) is 11.0 Å². The van der Waals surface area contributed by atoms with Gasteiger partial charge in [0.1, 0.15) is 17.1 Å². The number of furan rings is 1. The number of alkyl halides is 3. The zero-order chi connectivity index (χ0) is 24.0. The van der Waals surface area contributed by atoms with Gasteiger partial charge in [0.05, 0.1) is 22.5 Å². The predicted molar refractivity (Wildman–Crippen MR) is 94.3 cm³/mol. The maximum atomic E-state index is 14.3. The highest BCUT2D eigenvalue weighted by Gasteiger charge is 2.35. The van der Waals surface area contributed by atoms with E-state index in [0.717, 1.165) is 12.1 Å². The summed E-state index contributed by atoms with van der Waals surface area (Å²) in [5.74, 6) is -12.4. The van der Waals surface area contributed by atoms with E-state index in [1.165, 1.54) is 6.92 Å². The Morgan fingerprint density at radius 1 is 1.03 bits per heavy atom. The lowest BCUT2D eigenvalue weighted by Gasteiger charge is -2.09. The molecule has 0 spiro atoms. The Kier molecular flexibility index (Phi) is 5.98. The topological polar surface area (TPSA) is 73.6 Å². The third kappa shape index (κ3) is 4.04. The monoisotopic (exact) mass is 484 g/mol. The van der Waals surface area contributed by atoms with Gasteiger partial charge in [-0.3, -0.25) is 0 Å². The molecule has 0 fully saturated rings. The molecule has 32 heavy (non-hydrogen) atoms. The SMILES string of the molecule is CCOC(=O)c1c(CS(=O)(=O)c2cccc(C(F)(F)F)c2)oc2c(F)c(F)c(F)c(F)c12. The summed E-state index contributed by atoms with van der Waals surface area (Å²) in [6.07, 6.45) is -4.87. The van der Waals surface area contributed by atoms with Crippen molar-refractivity contribution in [3.63, 3.8) is 0 Å². The second kappa shape index (κ2) is 8.11. The molecule has 172 valence electrons. The summed E-state index contributed by atoms with van der Waals surface area (Å²) in [5.41, 5.74) is -3.62. The molecule has 0 radical (unpaired) electrons. The van der Waals surface area contributed by atoms with Crippen molar-refractivity contribution in [1.82, 2.24) is 0 Å². The van der Waals surface area contributed by atoms with Gasteiger partial charge in [-0.05, 0) is 25.1 Å². The van der Waals surface area contributed by atoms with Crippen LogP contribution in [0.2, 0.25) is 0 Å². The molecule has 0 aliphatic carbocycles. The van der Waals surface area contributed by atoms with Crippen LogP contribution in [0.3, 0.4) is 0 Å². The van der Waals surface area contributed by atoms with Crippen molar-refractivity contribution in [2.75, 3.05) is 6.61 Å². The third-order valence-corrected chi connectivity index (χ3v) is 5.91. The molecule has 0 saturated carbocycles. The predicted octanol–water partition coefficient (Wildman–Crippen LogP) is 5.16. The average Bonchev–Trinajstić information content (AvgIpc) is 3.09. The summed E-state index contributed by atoms with van der Waals surface area (Å²) in [5, 5.41) is -1.20. The second-order valence-electron chi connectivity index (χ2n) is 6.37. The van der Waals surface area contributed by atoms with Gasteiger partial charge in [0.2, 0.25) is 11.6 Å². The minimum absolute atomic E-state index is 0.308. The van der Waals surface area contributed by atoms with Crippen LogP contribution in [0, 0.1) is 23.3 Å². The van der Waals surface area contributed by atoms with Crippen molar-refractivity contribution in [3.05, 3.63) is 64.4 Å². The summed E-state index contributed by atoms with van der Waals surface area (Å²) in [6, 6.07) is 2.55. The molecule has 3 rings (SSSR count). The van der Waals surface area contributed by atoms with Crippen LogP contribution in [0.5, 0.6) is 0 Å². The Labute approximate surface area is 175 Å². The average molecular weight is 484 g/mol. The van der Waals surface area contributed by atoms with Crippen LogP contribution >= 0.6 is 0 Å². The van der Waals surface area contributed by atoms with Crippen LogP contribution in [0.15, 0.2) is 33.6 Å². The van der Waals surface area contributed by atoms with Gasteiger partial charge in [0, 0.05) is 0 Å². The fourth-order valence-corrected chi connectivity index (χ4v) is 4.19. The van der Waals surface area contributed by atoms with E-state index in [1.54, 1.807) is 0 Å². The van der Waals surface area contributed by atoms with Crippen molar-refractivity contribution in [2.24, 2.45) is 0 Å². The summed E-state index contributed by atoms with van der Waals surface area (Å²) >= 11 is 0. The van der Waals surface area contributed by atoms with Gasteiger partial charge in [-0.2, -0.15) is 17.6 Å². The van der Waals surface area contributed by atoms with E-state index in [-0.39, 0.29) is 6.61 Å². The Balaban J connectivity index is 2.23. The summed E-state index contributed by atoms with van der Waals surface area (Å²) in [4.78, 5) is 11.4. The first-order valence-electron chi connectivity index (χ1n) is 8.64. The molecule has 5 nitrogen and oxygen atoms in total. The number of hydrogen-bond acceptors (Lipinski definition) is 5. The molecule has 0 atom stereocenters. The van der Waals surface area contributed by atoms with Gasteiger partial charge in [-0.25, -0.2) is 26.4 Å². The van der Waals surface area contributed by atoms with Crippen molar-refractivity contribution in [3.8, 4) is 0 Å². The molecule has 1 aromatic heterocycles. The quantitative estimate of drug-likeness (QED) is 0.217. The van der Waals surface area contributed by atoms with E-state index in [0.29, 0.717) is 12.1 Å². The first-order valence-corrected chi connectivity index (χ1v) is 10.3. The molecule has 3 aromatic rings. The van der Waals surface area contributed by atoms with Gasteiger partial charge in [-0.1, -0.05) is 6.07 Å². The number of esters is 1. The number of hydrogen-bond donors (Lipinski definition) is 0. The highest BCUT2D eigenvalue weighted by Crippen LogP contribution is 2.36. The second-order valence-corrected chi connectivity index (χ2v) is 8.36. The number of rotatable bonds is 5. The number of carbonyl (C=O) groups excluding carboxylic acids is 1. The number of halogens is 7. The van der Waals surface area contributed by atoms with E-state index in [9.17, 15) is 43.9 Å². The van der Waals surface area contributed by atoms with Crippen LogP contribution in [-0.4, -0.2) is 21.0 Å². The molecule has 0 unspecified atom stereocenters. The molecule has 0 aliphatic heterocycles. The summed E-state index contributed by atoms with van der Waals surface area (Å²) < 4.78 is 129. The highest BCUT2D eigenvalue weighted by atomic mass is 32.2. The van der Waals surface area contributed by atoms with E-state index >= 15 is 0 Å². The van der Waals surface area contributed by atoms with E-state index in [2.05, 4.69) is 4.74 Å². The van der Waals surface area contributed by atoms with Crippen LogP contribution in [-0.2, 0) is 26.5 Å². The molecule has 0 saturated heterocycles. The minimum atomic E-state index is -4.87. The molecule has 0 bridgehead atoms. The molecule has 0 N–H and O–H groups in total. The Bertz CT molecular complexity index is 1330. The maximum absolute atomic E-state index is 14.3. The first kappa shape index (κ1) is 23.6. The Morgan fingerprint density at radius 3 is 2.25 bits per heavy atom. The Hall–Kier alpha value is -3.09. The summed E-state index contributed by atoms with van der Waals surface area (Å²) in [6.45, 7) is 0.996. The van der Waals surface area contributed by atoms with E-state index in [4.69, 9.17) is 4.42 Å². The largest absolute Gasteiger partial charge is 0.462 e. The Morgan fingerprint density at radius 2 is 1.66 bits per heavy atom. The molecule has 0 aliphatic rings. The minimum Gasteiger partial charge on any atom is -0.462 e. The maximum Gasteiger partial charge on any atom is 0.416 e. The standard InChI is InChI=1S/C19H11F7O5S/c1-2-30-18(27)11-10(31-17-12(11)13(20)14(21)15(22)16(17)23)7-32(28,29)9-5-3-4-8(6-9)19(24,25)26/h3-6H,2,7H2,1H3. The molecule has 2 aromatic carbocycles. The van der Waals surface area contributed by atoms with Crippen LogP contribution in [0.4, 0.5) is 30.7 Å².